The summed E-state index contributed by atoms with van der Waals surface area (Å²) in [5.74, 6) is 0.937. The Bertz CT molecular complexity index is 309. The molecule has 0 spiro atoms. The van der Waals surface area contributed by atoms with Gasteiger partial charge in [0.1, 0.15) is 5.82 Å². The summed E-state index contributed by atoms with van der Waals surface area (Å²) in [4.78, 5) is 6.31. The second kappa shape index (κ2) is 3.82. The third-order valence-corrected chi connectivity index (χ3v) is 2.26. The first kappa shape index (κ1) is 10.8. The van der Waals surface area contributed by atoms with Crippen LogP contribution in [-0.2, 0) is 0 Å². The van der Waals surface area contributed by atoms with Gasteiger partial charge < -0.3 is 4.90 Å². The van der Waals surface area contributed by atoms with Gasteiger partial charge in [-0.2, -0.15) is 0 Å². The second-order valence-corrected chi connectivity index (χ2v) is 4.44. The lowest BCUT2D eigenvalue weighted by atomic mass is 9.92. The SMILES string of the molecule is C=C(N(C)c1ccccn1)C(C)(C)C. The van der Waals surface area contributed by atoms with E-state index in [1.54, 1.807) is 6.20 Å². The molecule has 1 rings (SSSR count). The van der Waals surface area contributed by atoms with Crippen molar-refractivity contribution in [3.8, 4) is 0 Å². The summed E-state index contributed by atoms with van der Waals surface area (Å²) in [6.07, 6.45) is 1.79. The maximum atomic E-state index is 4.28. The Hall–Kier alpha value is -1.31. The summed E-state index contributed by atoms with van der Waals surface area (Å²) in [5, 5.41) is 0. The number of nitrogens with zero attached hydrogens (tertiary/aromatic N) is 2. The number of anilines is 1. The number of aromatic nitrogens is 1. The summed E-state index contributed by atoms with van der Waals surface area (Å²) in [6.45, 7) is 10.5. The van der Waals surface area contributed by atoms with E-state index in [4.69, 9.17) is 0 Å². The lowest BCUT2D eigenvalue weighted by Crippen LogP contribution is -2.26. The first-order chi connectivity index (χ1) is 6.43. The van der Waals surface area contributed by atoms with Crippen LogP contribution < -0.4 is 4.90 Å². The van der Waals surface area contributed by atoms with Gasteiger partial charge >= 0.3 is 0 Å². The highest BCUT2D eigenvalue weighted by Gasteiger charge is 2.19. The molecule has 0 N–H and O–H groups in total. The molecule has 0 aliphatic carbocycles. The Kier molecular flexibility index (Phi) is 2.94. The molecule has 0 aliphatic rings. The van der Waals surface area contributed by atoms with Crippen LogP contribution in [0.4, 0.5) is 5.82 Å². The van der Waals surface area contributed by atoms with Crippen molar-refractivity contribution >= 4 is 5.82 Å². The molecule has 2 nitrogen and oxygen atoms in total. The number of pyridine rings is 1. The first-order valence-electron chi connectivity index (χ1n) is 4.77. The first-order valence-corrected chi connectivity index (χ1v) is 4.77. The molecule has 0 radical (unpaired) electrons. The minimum atomic E-state index is 0.0757. The fourth-order valence-electron chi connectivity index (χ4n) is 1.19. The minimum Gasteiger partial charge on any atom is -0.333 e. The molecule has 2 heteroatoms. The number of rotatable bonds is 2. The van der Waals surface area contributed by atoms with Gasteiger partial charge in [0.15, 0.2) is 0 Å². The number of hydrogen-bond donors (Lipinski definition) is 0. The van der Waals surface area contributed by atoms with Gasteiger partial charge in [0.2, 0.25) is 0 Å². The summed E-state index contributed by atoms with van der Waals surface area (Å²) < 4.78 is 0. The molecule has 0 unspecified atom stereocenters. The molecule has 14 heavy (non-hydrogen) atoms. The zero-order valence-electron chi connectivity index (χ0n) is 9.41. The van der Waals surface area contributed by atoms with Crippen molar-refractivity contribution in [2.45, 2.75) is 20.8 Å². The van der Waals surface area contributed by atoms with E-state index in [0.717, 1.165) is 11.5 Å². The normalized spacial score (nSPS) is 11.1. The topological polar surface area (TPSA) is 16.1 Å². The largest absolute Gasteiger partial charge is 0.333 e. The third-order valence-electron chi connectivity index (χ3n) is 2.26. The van der Waals surface area contributed by atoms with Crippen molar-refractivity contribution < 1.29 is 0 Å². The van der Waals surface area contributed by atoms with Crippen LogP contribution in [0.15, 0.2) is 36.7 Å². The Morgan fingerprint density at radius 3 is 2.43 bits per heavy atom. The van der Waals surface area contributed by atoms with Crippen LogP contribution in [0, 0.1) is 5.41 Å². The van der Waals surface area contributed by atoms with E-state index in [0.29, 0.717) is 0 Å². The molecular formula is C12H18N2. The molecule has 76 valence electrons. The van der Waals surface area contributed by atoms with Gasteiger partial charge in [0.05, 0.1) is 0 Å². The van der Waals surface area contributed by atoms with Crippen molar-refractivity contribution in [3.05, 3.63) is 36.7 Å². The molecular weight excluding hydrogens is 172 g/mol. The van der Waals surface area contributed by atoms with Gasteiger partial charge in [-0.1, -0.05) is 33.4 Å². The maximum absolute atomic E-state index is 4.28. The number of allylic oxidation sites excluding steroid dienone is 1. The Morgan fingerprint density at radius 1 is 1.36 bits per heavy atom. The molecule has 0 amide bonds. The molecule has 0 saturated heterocycles. The van der Waals surface area contributed by atoms with Crippen molar-refractivity contribution in [1.82, 2.24) is 4.98 Å². The highest BCUT2D eigenvalue weighted by molar-refractivity contribution is 5.44. The smallest absolute Gasteiger partial charge is 0.132 e. The van der Waals surface area contributed by atoms with E-state index in [-0.39, 0.29) is 5.41 Å². The van der Waals surface area contributed by atoms with Gasteiger partial charge in [-0.3, -0.25) is 0 Å². The van der Waals surface area contributed by atoms with Crippen molar-refractivity contribution in [1.29, 1.82) is 0 Å². The third kappa shape index (κ3) is 2.34. The standard InChI is InChI=1S/C12H18N2/c1-10(12(2,3)4)14(5)11-8-6-7-9-13-11/h6-9H,1H2,2-5H3. The molecule has 0 saturated carbocycles. The lowest BCUT2D eigenvalue weighted by Gasteiger charge is -2.30. The van der Waals surface area contributed by atoms with E-state index in [2.05, 4.69) is 32.3 Å². The van der Waals surface area contributed by atoms with Crippen molar-refractivity contribution in [2.75, 3.05) is 11.9 Å². The zero-order valence-corrected chi connectivity index (χ0v) is 9.41. The molecule has 1 aromatic heterocycles. The van der Waals surface area contributed by atoms with E-state index in [9.17, 15) is 0 Å². The van der Waals surface area contributed by atoms with Gasteiger partial charge in [0, 0.05) is 24.4 Å². The summed E-state index contributed by atoms with van der Waals surface area (Å²) in [6, 6.07) is 5.88. The van der Waals surface area contributed by atoms with Crippen LogP contribution in [0.2, 0.25) is 0 Å². The van der Waals surface area contributed by atoms with Crippen LogP contribution in [0.1, 0.15) is 20.8 Å². The van der Waals surface area contributed by atoms with E-state index < -0.39 is 0 Å². The van der Waals surface area contributed by atoms with Crippen LogP contribution >= 0.6 is 0 Å². The highest BCUT2D eigenvalue weighted by atomic mass is 15.2. The molecule has 0 fully saturated rings. The van der Waals surface area contributed by atoms with Crippen LogP contribution in [-0.4, -0.2) is 12.0 Å². The van der Waals surface area contributed by atoms with E-state index in [1.807, 2.05) is 30.1 Å². The molecule has 0 aliphatic heterocycles. The fourth-order valence-corrected chi connectivity index (χ4v) is 1.19. The van der Waals surface area contributed by atoms with Gasteiger partial charge in [-0.25, -0.2) is 4.98 Å². The number of hydrogen-bond acceptors (Lipinski definition) is 2. The molecule has 1 heterocycles. The molecule has 0 atom stereocenters. The van der Waals surface area contributed by atoms with E-state index >= 15 is 0 Å². The van der Waals surface area contributed by atoms with Gasteiger partial charge in [-0.05, 0) is 12.1 Å². The monoisotopic (exact) mass is 190 g/mol. The molecule has 0 bridgehead atoms. The van der Waals surface area contributed by atoms with Gasteiger partial charge in [-0.15, -0.1) is 0 Å². The van der Waals surface area contributed by atoms with Crippen molar-refractivity contribution in [3.63, 3.8) is 0 Å². The predicted molar refractivity (Wildman–Crippen MR) is 61.2 cm³/mol. The van der Waals surface area contributed by atoms with Crippen LogP contribution in [0.5, 0.6) is 0 Å². The quantitative estimate of drug-likeness (QED) is 0.712. The Morgan fingerprint density at radius 2 is 2.00 bits per heavy atom. The maximum Gasteiger partial charge on any atom is 0.132 e. The fraction of sp³-hybridized carbons (Fsp3) is 0.417. The lowest BCUT2D eigenvalue weighted by molar-refractivity contribution is 0.491. The Labute approximate surface area is 86.3 Å². The minimum absolute atomic E-state index is 0.0757. The molecule has 1 aromatic rings. The highest BCUT2D eigenvalue weighted by Crippen LogP contribution is 2.28. The Balaban J connectivity index is 2.87. The second-order valence-electron chi connectivity index (χ2n) is 4.44. The van der Waals surface area contributed by atoms with Crippen molar-refractivity contribution in [2.24, 2.45) is 5.41 Å². The average Bonchev–Trinajstić information content (AvgIpc) is 2.15. The van der Waals surface area contributed by atoms with Gasteiger partial charge in [0.25, 0.3) is 0 Å². The molecule has 0 aromatic carbocycles. The zero-order chi connectivity index (χ0) is 10.8. The van der Waals surface area contributed by atoms with Crippen LogP contribution in [0.25, 0.3) is 0 Å². The summed E-state index contributed by atoms with van der Waals surface area (Å²) in [7, 11) is 2.00. The summed E-state index contributed by atoms with van der Waals surface area (Å²) >= 11 is 0. The average molecular weight is 190 g/mol. The van der Waals surface area contributed by atoms with E-state index in [1.165, 1.54) is 0 Å². The summed E-state index contributed by atoms with van der Waals surface area (Å²) in [5.41, 5.74) is 1.14. The predicted octanol–water partition coefficient (Wildman–Crippen LogP) is 3.08. The van der Waals surface area contributed by atoms with Crippen LogP contribution in [0.3, 0.4) is 0 Å².